The van der Waals surface area contributed by atoms with Crippen LogP contribution in [0.3, 0.4) is 0 Å². The van der Waals surface area contributed by atoms with E-state index in [0.29, 0.717) is 118 Å². The predicted molar refractivity (Wildman–Crippen MR) is 238 cm³/mol. The summed E-state index contributed by atoms with van der Waals surface area (Å²) >= 11 is 0. The zero-order chi connectivity index (χ0) is 46.6. The van der Waals surface area contributed by atoms with E-state index in [4.69, 9.17) is 38.4 Å². The van der Waals surface area contributed by atoms with E-state index >= 15 is 0 Å². The lowest BCUT2D eigenvalue weighted by Crippen LogP contribution is -2.54. The Morgan fingerprint density at radius 1 is 0.923 bits per heavy atom. The summed E-state index contributed by atoms with van der Waals surface area (Å²) < 4.78 is 38.3. The second-order valence-corrected chi connectivity index (χ2v) is 19.1. The van der Waals surface area contributed by atoms with Gasteiger partial charge in [0, 0.05) is 35.4 Å². The molecule has 1 amide bonds. The number of hydrogen-bond acceptors (Lipinski definition) is 13. The molecule has 17 heteroatoms. The third-order valence-electron chi connectivity index (χ3n) is 15.5. The van der Waals surface area contributed by atoms with Gasteiger partial charge in [-0.1, -0.05) is 25.9 Å². The van der Waals surface area contributed by atoms with Crippen molar-refractivity contribution in [2.45, 2.75) is 116 Å². The highest BCUT2D eigenvalue weighted by atomic mass is 16.6. The SMILES string of the molecule is COc1ccc2c(CC(=O)NC(CC(=O)O)C(=O)O[C@@H]3CC[C@@]4(C)[C@H](CC[C@@H]5[C@@H]4CC[C@]4(C)C(C(C)CCC(=O)OCCOCCOCCOCCN=[N+]=[N-])CC[C@@H]54)C3)cc(=O)oc2c1. The Hall–Kier alpha value is -4.70. The topological polar surface area (TPSA) is 235 Å². The minimum atomic E-state index is -1.38. The molecule has 0 saturated heterocycles. The molecule has 358 valence electrons. The van der Waals surface area contributed by atoms with E-state index in [1.807, 2.05) is 0 Å². The minimum Gasteiger partial charge on any atom is -0.497 e. The van der Waals surface area contributed by atoms with Crippen LogP contribution in [0.15, 0.2) is 38.6 Å². The summed E-state index contributed by atoms with van der Waals surface area (Å²) in [7, 11) is 1.49. The van der Waals surface area contributed by atoms with E-state index in [9.17, 15) is 29.1 Å². The predicted octanol–water partition coefficient (Wildman–Crippen LogP) is 7.19. The van der Waals surface area contributed by atoms with E-state index in [0.717, 1.165) is 32.1 Å². The van der Waals surface area contributed by atoms with Gasteiger partial charge < -0.3 is 43.3 Å². The van der Waals surface area contributed by atoms with Crippen molar-refractivity contribution in [3.8, 4) is 5.75 Å². The Kier molecular flexibility index (Phi) is 17.7. The number of carbonyl (C=O) groups is 4. The van der Waals surface area contributed by atoms with E-state index in [2.05, 4.69) is 36.1 Å². The normalized spacial score (nSPS) is 27.8. The first kappa shape index (κ1) is 49.7. The molecule has 1 aromatic carbocycles. The van der Waals surface area contributed by atoms with Gasteiger partial charge in [0.2, 0.25) is 5.91 Å². The van der Waals surface area contributed by atoms with Crippen molar-refractivity contribution in [1.29, 1.82) is 0 Å². The van der Waals surface area contributed by atoms with Gasteiger partial charge in [-0.25, -0.2) is 9.59 Å². The molecule has 65 heavy (non-hydrogen) atoms. The molecule has 6 rings (SSSR count). The molecule has 0 bridgehead atoms. The number of hydrogen-bond donors (Lipinski definition) is 2. The first-order chi connectivity index (χ1) is 31.2. The summed E-state index contributed by atoms with van der Waals surface area (Å²) in [6, 6.07) is 4.74. The van der Waals surface area contributed by atoms with Crippen LogP contribution in [0.2, 0.25) is 0 Å². The van der Waals surface area contributed by atoms with Crippen molar-refractivity contribution < 1.29 is 57.1 Å². The molecule has 0 radical (unpaired) electrons. The van der Waals surface area contributed by atoms with Crippen LogP contribution < -0.4 is 15.7 Å². The number of esters is 2. The van der Waals surface area contributed by atoms with E-state index < -0.39 is 35.9 Å². The van der Waals surface area contributed by atoms with Crippen molar-refractivity contribution in [3.05, 3.63) is 50.7 Å². The van der Waals surface area contributed by atoms with Crippen LogP contribution in [0.1, 0.15) is 103 Å². The Balaban J connectivity index is 0.934. The molecule has 3 unspecified atom stereocenters. The highest BCUT2D eigenvalue weighted by Crippen LogP contribution is 2.68. The van der Waals surface area contributed by atoms with E-state index in [1.165, 1.54) is 32.4 Å². The summed E-state index contributed by atoms with van der Waals surface area (Å²) in [6.45, 7) is 10.1. The summed E-state index contributed by atoms with van der Waals surface area (Å²) in [5.41, 5.74) is 8.57. The molecule has 4 fully saturated rings. The van der Waals surface area contributed by atoms with Crippen LogP contribution >= 0.6 is 0 Å². The average Bonchev–Trinajstić information content (AvgIpc) is 3.63. The fourth-order valence-electron chi connectivity index (χ4n) is 12.3. The Morgan fingerprint density at radius 3 is 2.35 bits per heavy atom. The quantitative estimate of drug-likeness (QED) is 0.0265. The number of azide groups is 1. The van der Waals surface area contributed by atoms with Gasteiger partial charge in [0.15, 0.2) is 0 Å². The number of rotatable bonds is 24. The Bertz CT molecular complexity index is 2070. The van der Waals surface area contributed by atoms with Crippen molar-refractivity contribution in [2.75, 3.05) is 59.9 Å². The fourth-order valence-corrected chi connectivity index (χ4v) is 12.3. The first-order valence-electron chi connectivity index (χ1n) is 23.5. The molecule has 4 aliphatic carbocycles. The molecule has 2 N–H and O–H groups in total. The van der Waals surface area contributed by atoms with Crippen molar-refractivity contribution in [3.63, 3.8) is 0 Å². The van der Waals surface area contributed by atoms with Gasteiger partial charge in [0.25, 0.3) is 0 Å². The highest BCUT2D eigenvalue weighted by Gasteiger charge is 2.60. The number of amides is 1. The molecule has 0 aliphatic heterocycles. The maximum absolute atomic E-state index is 13.6. The summed E-state index contributed by atoms with van der Waals surface area (Å²) in [4.78, 5) is 66.4. The van der Waals surface area contributed by atoms with Gasteiger partial charge in [0.05, 0.1) is 59.6 Å². The average molecular weight is 909 g/mol. The lowest BCUT2D eigenvalue weighted by molar-refractivity contribution is -0.167. The second kappa shape index (κ2) is 23.2. The van der Waals surface area contributed by atoms with Crippen LogP contribution in [-0.2, 0) is 49.3 Å². The zero-order valence-corrected chi connectivity index (χ0v) is 38.5. The van der Waals surface area contributed by atoms with Crippen LogP contribution in [-0.4, -0.2) is 101 Å². The minimum absolute atomic E-state index is 0.117. The highest BCUT2D eigenvalue weighted by molar-refractivity contribution is 5.91. The van der Waals surface area contributed by atoms with Gasteiger partial charge in [-0.05, 0) is 134 Å². The number of carboxylic acids is 1. The number of nitrogens with zero attached hydrogens (tertiary/aromatic N) is 3. The number of ether oxygens (including phenoxy) is 6. The van der Waals surface area contributed by atoms with Crippen molar-refractivity contribution in [1.82, 2.24) is 5.32 Å². The second-order valence-electron chi connectivity index (χ2n) is 19.1. The smallest absolute Gasteiger partial charge is 0.336 e. The molecule has 4 aliphatic rings. The maximum Gasteiger partial charge on any atom is 0.336 e. The number of fused-ring (bicyclic) bond motifs is 6. The Labute approximate surface area is 380 Å². The van der Waals surface area contributed by atoms with Gasteiger partial charge in [-0.15, -0.1) is 0 Å². The van der Waals surface area contributed by atoms with Crippen LogP contribution in [0.4, 0.5) is 0 Å². The lowest BCUT2D eigenvalue weighted by Gasteiger charge is -2.61. The molecule has 1 aromatic heterocycles. The molecule has 10 atom stereocenters. The molecule has 4 saturated carbocycles. The van der Waals surface area contributed by atoms with Gasteiger partial charge in [-0.2, -0.15) is 0 Å². The van der Waals surface area contributed by atoms with Crippen molar-refractivity contribution >= 4 is 34.8 Å². The number of nitrogens with one attached hydrogen (secondary N) is 1. The number of carboxylic acid groups (broad SMARTS) is 1. The summed E-state index contributed by atoms with van der Waals surface area (Å²) in [5, 5.41) is 16.2. The molecular formula is C48H68N4O13. The van der Waals surface area contributed by atoms with Gasteiger partial charge in [-0.3, -0.25) is 14.4 Å². The van der Waals surface area contributed by atoms with Gasteiger partial charge >= 0.3 is 23.5 Å². The molecule has 17 nitrogen and oxygen atoms in total. The van der Waals surface area contributed by atoms with Crippen LogP contribution in [0.5, 0.6) is 5.75 Å². The molecular weight excluding hydrogens is 841 g/mol. The lowest BCUT2D eigenvalue weighted by atomic mass is 9.44. The van der Waals surface area contributed by atoms with E-state index in [-0.39, 0.29) is 41.5 Å². The fraction of sp³-hybridized carbons (Fsp3) is 0.729. The summed E-state index contributed by atoms with van der Waals surface area (Å²) in [5.74, 6) is 0.859. The van der Waals surface area contributed by atoms with E-state index in [1.54, 1.807) is 18.2 Å². The summed E-state index contributed by atoms with van der Waals surface area (Å²) in [6.07, 6.45) is 9.16. The third kappa shape index (κ3) is 12.6. The monoisotopic (exact) mass is 908 g/mol. The third-order valence-corrected chi connectivity index (χ3v) is 15.5. The molecule has 2 aromatic rings. The van der Waals surface area contributed by atoms with Crippen molar-refractivity contribution in [2.24, 2.45) is 51.5 Å². The standard InChI is InChI=1S/C48H68N4O13/c1-30(5-12-44(56)63-24-23-62-22-21-61-20-19-60-18-17-50-52-49)37-10-11-38-36-8-6-32-27-34(13-15-47(32,2)39(36)14-16-48(37,38)3)64-46(58)40(29-43(54)55)51-42(53)25-31-26-45(57)65-41-28-33(59-4)7-9-35(31)41/h7,9,26,28,30,32,34,36-40H,5-6,8,10-25,27,29H2,1-4H3,(H,51,53)(H,54,55)/t30?,32-,34-,36+,37?,38+,39+,40?,47+,48-/m1/s1. The van der Waals surface area contributed by atoms with Crippen LogP contribution in [0.25, 0.3) is 21.4 Å². The largest absolute Gasteiger partial charge is 0.497 e. The number of carbonyl (C=O) groups excluding carboxylic acids is 3. The number of benzene rings is 1. The number of methoxy groups -OCH3 is 1. The number of aliphatic carboxylic acids is 1. The maximum atomic E-state index is 13.6. The zero-order valence-electron chi connectivity index (χ0n) is 38.5. The van der Waals surface area contributed by atoms with Crippen LogP contribution in [0, 0.1) is 46.3 Å². The molecule has 1 heterocycles. The Morgan fingerprint density at radius 2 is 1.63 bits per heavy atom. The first-order valence-corrected chi connectivity index (χ1v) is 23.5. The molecule has 0 spiro atoms. The van der Waals surface area contributed by atoms with Gasteiger partial charge in [0.1, 0.15) is 30.1 Å².